The van der Waals surface area contributed by atoms with E-state index in [1.165, 1.54) is 50.7 Å². The van der Waals surface area contributed by atoms with Crippen LogP contribution in [0.25, 0.3) is 11.1 Å². The maximum absolute atomic E-state index is 15.1. The van der Waals surface area contributed by atoms with Gasteiger partial charge in [0.05, 0.1) is 30.8 Å². The fourth-order valence-corrected chi connectivity index (χ4v) is 4.34. The van der Waals surface area contributed by atoms with Crippen molar-refractivity contribution in [2.24, 2.45) is 5.41 Å². The largest absolute Gasteiger partial charge is 0.493 e. The molecule has 6 nitrogen and oxygen atoms in total. The van der Waals surface area contributed by atoms with Gasteiger partial charge in [-0.1, -0.05) is 89.1 Å². The number of aryl methyl sites for hydroxylation is 1. The average Bonchev–Trinajstić information content (AvgIpc) is 2.99. The molecule has 2 rings (SSSR count). The lowest BCUT2D eigenvalue weighted by atomic mass is 9.87. The molecule has 2 aromatic rings. The van der Waals surface area contributed by atoms with Crippen LogP contribution in [0.4, 0.5) is 4.39 Å². The van der Waals surface area contributed by atoms with Gasteiger partial charge in [0.2, 0.25) is 0 Å². The first-order chi connectivity index (χ1) is 20.5. The van der Waals surface area contributed by atoms with Crippen LogP contribution in [0.15, 0.2) is 79.1 Å². The maximum Gasteiger partial charge on any atom is 0.338 e. The minimum atomic E-state index is -1.08. The highest BCUT2D eigenvalue weighted by Crippen LogP contribution is 2.27. The minimum absolute atomic E-state index is 0.0582. The summed E-state index contributed by atoms with van der Waals surface area (Å²) in [6.07, 6.45) is 8.55. The second-order valence-electron chi connectivity index (χ2n) is 11.3. The Hall–Kier alpha value is -3.71. The SMILES string of the molecule is C=C(C)C(=C)OCC(CO)(CCOC(=O)c1ccc(-c2ccc(CCCCCCCC)cc2)c(F)c1)COC(=O)C(=C)C. The number of benzene rings is 2. The topological polar surface area (TPSA) is 82.1 Å². The van der Waals surface area contributed by atoms with Crippen LogP contribution in [-0.4, -0.2) is 43.5 Å². The third-order valence-electron chi connectivity index (χ3n) is 7.38. The molecule has 0 aliphatic rings. The summed E-state index contributed by atoms with van der Waals surface area (Å²) in [5, 5.41) is 10.2. The molecular formula is C36H47FO6. The summed E-state index contributed by atoms with van der Waals surface area (Å²) in [6, 6.07) is 12.1. The summed E-state index contributed by atoms with van der Waals surface area (Å²) in [5.41, 5.74) is 2.15. The van der Waals surface area contributed by atoms with Crippen molar-refractivity contribution in [1.29, 1.82) is 0 Å². The van der Waals surface area contributed by atoms with Crippen LogP contribution >= 0.6 is 0 Å². The summed E-state index contributed by atoms with van der Waals surface area (Å²) < 4.78 is 31.4. The van der Waals surface area contributed by atoms with Crippen LogP contribution in [0.3, 0.4) is 0 Å². The molecule has 0 spiro atoms. The van der Waals surface area contributed by atoms with Crippen LogP contribution in [-0.2, 0) is 25.4 Å². The normalized spacial score (nSPS) is 12.2. The summed E-state index contributed by atoms with van der Waals surface area (Å²) in [6.45, 7) is 15.8. The van der Waals surface area contributed by atoms with Gasteiger partial charge in [0, 0.05) is 11.1 Å². The Kier molecular flexibility index (Phi) is 14.9. The molecule has 0 amide bonds. The van der Waals surface area contributed by atoms with Crippen LogP contribution in [0.1, 0.15) is 81.6 Å². The fourth-order valence-electron chi connectivity index (χ4n) is 4.34. The Labute approximate surface area is 256 Å². The van der Waals surface area contributed by atoms with Gasteiger partial charge < -0.3 is 19.3 Å². The predicted octanol–water partition coefficient (Wildman–Crippen LogP) is 8.15. The molecule has 1 N–H and O–H groups in total. The lowest BCUT2D eigenvalue weighted by molar-refractivity contribution is -0.146. The third kappa shape index (κ3) is 11.8. The summed E-state index contributed by atoms with van der Waals surface area (Å²) in [4.78, 5) is 24.7. The summed E-state index contributed by atoms with van der Waals surface area (Å²) >= 11 is 0. The zero-order valence-electron chi connectivity index (χ0n) is 26.0. The monoisotopic (exact) mass is 594 g/mol. The van der Waals surface area contributed by atoms with E-state index in [-0.39, 0.29) is 37.4 Å². The molecule has 2 aromatic carbocycles. The van der Waals surface area contributed by atoms with Crippen molar-refractivity contribution >= 4 is 11.9 Å². The molecule has 0 aromatic heterocycles. The molecule has 0 aliphatic heterocycles. The van der Waals surface area contributed by atoms with Crippen LogP contribution in [0, 0.1) is 11.2 Å². The molecular weight excluding hydrogens is 547 g/mol. The Morgan fingerprint density at radius 1 is 0.860 bits per heavy atom. The lowest BCUT2D eigenvalue weighted by Gasteiger charge is -2.31. The maximum atomic E-state index is 15.1. The van der Waals surface area contributed by atoms with Gasteiger partial charge in [-0.25, -0.2) is 14.0 Å². The van der Waals surface area contributed by atoms with E-state index in [1.54, 1.807) is 13.0 Å². The van der Waals surface area contributed by atoms with Crippen molar-refractivity contribution in [1.82, 2.24) is 0 Å². The Bertz CT molecular complexity index is 1220. The van der Waals surface area contributed by atoms with Crippen molar-refractivity contribution in [3.05, 3.63) is 96.1 Å². The summed E-state index contributed by atoms with van der Waals surface area (Å²) in [5.74, 6) is -1.53. The van der Waals surface area contributed by atoms with E-state index in [0.29, 0.717) is 16.9 Å². The minimum Gasteiger partial charge on any atom is -0.493 e. The highest BCUT2D eigenvalue weighted by atomic mass is 19.1. The van der Waals surface area contributed by atoms with E-state index in [1.807, 2.05) is 24.3 Å². The third-order valence-corrected chi connectivity index (χ3v) is 7.38. The van der Waals surface area contributed by atoms with Crippen molar-refractivity contribution in [2.45, 2.75) is 72.1 Å². The quantitative estimate of drug-likeness (QED) is 0.0548. The highest BCUT2D eigenvalue weighted by molar-refractivity contribution is 5.90. The number of carbonyl (C=O) groups excluding carboxylic acids is 2. The molecule has 43 heavy (non-hydrogen) atoms. The van der Waals surface area contributed by atoms with Gasteiger partial charge in [-0.15, -0.1) is 0 Å². The molecule has 0 heterocycles. The van der Waals surface area contributed by atoms with Gasteiger partial charge in [-0.05, 0) is 61.9 Å². The average molecular weight is 595 g/mol. The molecule has 1 unspecified atom stereocenters. The molecule has 0 fully saturated rings. The van der Waals surface area contributed by atoms with Crippen LogP contribution in [0.5, 0.6) is 0 Å². The number of carbonyl (C=O) groups is 2. The Morgan fingerprint density at radius 2 is 1.51 bits per heavy atom. The molecule has 0 aliphatic carbocycles. The number of allylic oxidation sites excluding steroid dienone is 1. The van der Waals surface area contributed by atoms with E-state index in [2.05, 4.69) is 26.7 Å². The van der Waals surface area contributed by atoms with Gasteiger partial charge in [-0.2, -0.15) is 0 Å². The zero-order chi connectivity index (χ0) is 31.8. The number of ether oxygens (including phenoxy) is 3. The second-order valence-corrected chi connectivity index (χ2v) is 11.3. The van der Waals surface area contributed by atoms with E-state index in [4.69, 9.17) is 14.2 Å². The first kappa shape index (κ1) is 35.5. The molecule has 0 saturated heterocycles. The van der Waals surface area contributed by atoms with Crippen molar-refractivity contribution < 1.29 is 33.3 Å². The molecule has 0 bridgehead atoms. The van der Waals surface area contributed by atoms with Gasteiger partial charge in [0.1, 0.15) is 18.2 Å². The van der Waals surface area contributed by atoms with Gasteiger partial charge in [0.15, 0.2) is 0 Å². The first-order valence-corrected chi connectivity index (χ1v) is 15.0. The zero-order valence-corrected chi connectivity index (χ0v) is 26.0. The molecule has 7 heteroatoms. The molecule has 0 radical (unpaired) electrons. The van der Waals surface area contributed by atoms with Crippen LogP contribution in [0.2, 0.25) is 0 Å². The van der Waals surface area contributed by atoms with Gasteiger partial charge in [-0.3, -0.25) is 0 Å². The molecule has 234 valence electrons. The Morgan fingerprint density at radius 3 is 2.12 bits per heavy atom. The number of aliphatic hydroxyl groups is 1. The predicted molar refractivity (Wildman–Crippen MR) is 169 cm³/mol. The van der Waals surface area contributed by atoms with Gasteiger partial charge in [0.25, 0.3) is 0 Å². The number of hydrogen-bond acceptors (Lipinski definition) is 6. The smallest absolute Gasteiger partial charge is 0.338 e. The van der Waals surface area contributed by atoms with Crippen molar-refractivity contribution in [2.75, 3.05) is 26.4 Å². The molecule has 0 saturated carbocycles. The molecule has 1 atom stereocenters. The van der Waals surface area contributed by atoms with Gasteiger partial charge >= 0.3 is 11.9 Å². The highest BCUT2D eigenvalue weighted by Gasteiger charge is 2.33. The fraction of sp³-hybridized carbons (Fsp3) is 0.444. The van der Waals surface area contributed by atoms with E-state index >= 15 is 4.39 Å². The number of unbranched alkanes of at least 4 members (excludes halogenated alkanes) is 5. The lowest BCUT2D eigenvalue weighted by Crippen LogP contribution is -2.38. The van der Waals surface area contributed by atoms with Crippen molar-refractivity contribution in [3.63, 3.8) is 0 Å². The number of rotatable bonds is 20. The van der Waals surface area contributed by atoms with E-state index in [0.717, 1.165) is 24.5 Å². The first-order valence-electron chi connectivity index (χ1n) is 15.0. The van der Waals surface area contributed by atoms with E-state index in [9.17, 15) is 14.7 Å². The van der Waals surface area contributed by atoms with Crippen molar-refractivity contribution in [3.8, 4) is 11.1 Å². The Balaban J connectivity index is 2.00. The van der Waals surface area contributed by atoms with E-state index < -0.39 is 29.8 Å². The number of hydrogen-bond donors (Lipinski definition) is 1. The number of halogens is 1. The standard InChI is InChI=1S/C36H47FO6/c1-7-8-9-10-11-12-13-29-14-16-30(17-15-29)32-19-18-31(22-33(32)37)35(40)41-21-20-36(23-38,24-42-28(6)26(2)3)25-43-34(39)27(4)5/h14-19,22,38H,2,4,6-13,20-21,23-25H2,1,3,5H3. The number of esters is 2. The van der Waals surface area contributed by atoms with Crippen LogP contribution < -0.4 is 0 Å². The number of aliphatic hydroxyl groups excluding tert-OH is 1. The second kappa shape index (κ2) is 18.1. The summed E-state index contributed by atoms with van der Waals surface area (Å²) in [7, 11) is 0.